The molecule has 4 rings (SSSR count). The van der Waals surface area contributed by atoms with E-state index in [1.165, 1.54) is 24.7 Å². The minimum atomic E-state index is -1.02. The van der Waals surface area contributed by atoms with Crippen molar-refractivity contribution in [2.24, 2.45) is 21.9 Å². The van der Waals surface area contributed by atoms with Crippen LogP contribution in [0.3, 0.4) is 0 Å². The number of hydrogen-bond donors (Lipinski definition) is 3. The van der Waals surface area contributed by atoms with Crippen molar-refractivity contribution in [3.05, 3.63) is 36.0 Å². The maximum atomic E-state index is 14.9. The zero-order chi connectivity index (χ0) is 22.7. The molecular formula is C20H23FN8O3. The largest absolute Gasteiger partial charge is 0.443 e. The minimum absolute atomic E-state index is 0.0334. The Labute approximate surface area is 183 Å². The van der Waals surface area contributed by atoms with Crippen LogP contribution in [0.25, 0.3) is 11.3 Å². The van der Waals surface area contributed by atoms with Gasteiger partial charge in [0.1, 0.15) is 12.3 Å². The lowest BCUT2D eigenvalue weighted by Crippen LogP contribution is -2.41. The monoisotopic (exact) mass is 442 g/mol. The Hall–Kier alpha value is -3.83. The fraction of sp³-hybridized carbons (Fsp3) is 0.400. The molecule has 0 bridgehead atoms. The van der Waals surface area contributed by atoms with Gasteiger partial charge in [-0.1, -0.05) is 0 Å². The van der Waals surface area contributed by atoms with Gasteiger partial charge in [0.25, 0.3) is 0 Å². The van der Waals surface area contributed by atoms with Crippen LogP contribution in [0.1, 0.15) is 24.8 Å². The average molecular weight is 442 g/mol. The van der Waals surface area contributed by atoms with Crippen LogP contribution in [0.4, 0.5) is 15.1 Å². The predicted molar refractivity (Wildman–Crippen MR) is 113 cm³/mol. The smallest absolute Gasteiger partial charge is 0.437 e. The van der Waals surface area contributed by atoms with Gasteiger partial charge in [0.15, 0.2) is 11.8 Å². The second-order valence-corrected chi connectivity index (χ2v) is 7.94. The summed E-state index contributed by atoms with van der Waals surface area (Å²) in [7, 11) is 0. The van der Waals surface area contributed by atoms with Crippen molar-refractivity contribution in [2.45, 2.75) is 25.9 Å². The first-order valence-corrected chi connectivity index (χ1v) is 10.1. The molecule has 0 atom stereocenters. The number of aromatic nitrogens is 3. The highest BCUT2D eigenvalue weighted by Crippen LogP contribution is 2.38. The molecule has 0 radical (unpaired) electrons. The number of ether oxygens (including phenoxy) is 1. The Morgan fingerprint density at radius 1 is 1.25 bits per heavy atom. The predicted octanol–water partition coefficient (Wildman–Crippen LogP) is 0.694. The van der Waals surface area contributed by atoms with Crippen molar-refractivity contribution >= 4 is 23.9 Å². The molecule has 2 saturated heterocycles. The molecule has 2 fully saturated rings. The van der Waals surface area contributed by atoms with E-state index in [1.54, 1.807) is 0 Å². The van der Waals surface area contributed by atoms with E-state index in [0.29, 0.717) is 17.9 Å². The zero-order valence-electron chi connectivity index (χ0n) is 17.3. The van der Waals surface area contributed by atoms with Gasteiger partial charge in [0, 0.05) is 55.8 Å². The molecule has 32 heavy (non-hydrogen) atoms. The lowest BCUT2D eigenvalue weighted by atomic mass is 9.78. The fourth-order valence-electron chi connectivity index (χ4n) is 3.97. The molecule has 0 saturated carbocycles. The Bertz CT molecular complexity index is 1050. The van der Waals surface area contributed by atoms with Gasteiger partial charge >= 0.3 is 6.09 Å². The lowest BCUT2D eigenvalue weighted by Gasteiger charge is -2.38. The van der Waals surface area contributed by atoms with Crippen LogP contribution in [-0.4, -0.2) is 52.5 Å². The Morgan fingerprint density at radius 3 is 2.59 bits per heavy atom. The van der Waals surface area contributed by atoms with Gasteiger partial charge in [0.2, 0.25) is 11.9 Å². The number of guanidine groups is 1. The quantitative estimate of drug-likeness (QED) is 0.457. The minimum Gasteiger partial charge on any atom is -0.443 e. The van der Waals surface area contributed by atoms with Crippen LogP contribution in [0.5, 0.6) is 0 Å². The molecule has 0 aromatic carbocycles. The van der Waals surface area contributed by atoms with Crippen molar-refractivity contribution in [3.63, 3.8) is 0 Å². The fourth-order valence-corrected chi connectivity index (χ4v) is 3.97. The number of nitrogens with two attached hydrogens (primary N) is 2. The Morgan fingerprint density at radius 2 is 1.97 bits per heavy atom. The molecule has 4 heterocycles. The molecule has 2 aromatic rings. The van der Waals surface area contributed by atoms with E-state index in [9.17, 15) is 14.0 Å². The van der Waals surface area contributed by atoms with Crippen molar-refractivity contribution < 1.29 is 18.7 Å². The van der Waals surface area contributed by atoms with Gasteiger partial charge in [-0.3, -0.25) is 9.78 Å². The molecule has 1 spiro atoms. The van der Waals surface area contributed by atoms with E-state index in [2.05, 4.69) is 30.2 Å². The summed E-state index contributed by atoms with van der Waals surface area (Å²) in [5.74, 6) is -0.439. The lowest BCUT2D eigenvalue weighted by molar-refractivity contribution is -0.119. The maximum absolute atomic E-state index is 14.9. The third kappa shape index (κ3) is 4.58. The van der Waals surface area contributed by atoms with Gasteiger partial charge < -0.3 is 26.4 Å². The first-order chi connectivity index (χ1) is 15.3. The summed E-state index contributed by atoms with van der Waals surface area (Å²) in [5.41, 5.74) is 10.8. The van der Waals surface area contributed by atoms with Crippen LogP contribution in [0, 0.1) is 11.2 Å². The highest BCUT2D eigenvalue weighted by molar-refractivity contribution is 5.87. The number of carbonyl (C=O) groups excluding carboxylic acids is 2. The molecule has 0 aliphatic carbocycles. The number of halogens is 1. The first kappa shape index (κ1) is 21.4. The summed E-state index contributed by atoms with van der Waals surface area (Å²) in [4.78, 5) is 41.1. The number of rotatable bonds is 4. The Kier molecular flexibility index (Phi) is 5.84. The summed E-state index contributed by atoms with van der Waals surface area (Å²) in [6, 6.07) is 1.39. The van der Waals surface area contributed by atoms with E-state index in [1.807, 2.05) is 0 Å². The van der Waals surface area contributed by atoms with E-state index in [-0.39, 0.29) is 29.2 Å². The number of carbonyl (C=O) groups is 2. The van der Waals surface area contributed by atoms with Crippen LogP contribution in [0.2, 0.25) is 0 Å². The van der Waals surface area contributed by atoms with Crippen molar-refractivity contribution in [1.29, 1.82) is 0 Å². The zero-order valence-corrected chi connectivity index (χ0v) is 17.3. The number of anilines is 1. The van der Waals surface area contributed by atoms with Gasteiger partial charge in [-0.25, -0.2) is 19.2 Å². The molecule has 2 aliphatic rings. The van der Waals surface area contributed by atoms with Crippen LogP contribution >= 0.6 is 0 Å². The molecule has 11 nitrogen and oxygen atoms in total. The topological polar surface area (TPSA) is 162 Å². The van der Waals surface area contributed by atoms with Gasteiger partial charge in [-0.15, -0.1) is 4.99 Å². The molecule has 2 aliphatic heterocycles. The van der Waals surface area contributed by atoms with Gasteiger partial charge in [-0.2, -0.15) is 0 Å². The summed E-state index contributed by atoms with van der Waals surface area (Å²) in [6.45, 7) is 1.86. The number of nitrogens with zero attached hydrogens (tertiary/aromatic N) is 5. The molecule has 2 aromatic heterocycles. The molecule has 168 valence electrons. The second-order valence-electron chi connectivity index (χ2n) is 7.94. The number of nitrogens with one attached hydrogen (secondary N) is 1. The van der Waals surface area contributed by atoms with Crippen molar-refractivity contribution in [3.8, 4) is 11.3 Å². The summed E-state index contributed by atoms with van der Waals surface area (Å²) >= 11 is 0. The molecule has 5 N–H and O–H groups in total. The number of hydrogen-bond acceptors (Lipinski definition) is 7. The molecule has 0 unspecified atom stereocenters. The number of pyridine rings is 1. The van der Waals surface area contributed by atoms with Crippen LogP contribution < -0.4 is 21.7 Å². The highest BCUT2D eigenvalue weighted by Gasteiger charge is 2.41. The molecule has 12 heteroatoms. The van der Waals surface area contributed by atoms with Crippen LogP contribution in [0.15, 0.2) is 29.6 Å². The van der Waals surface area contributed by atoms with E-state index in [4.69, 9.17) is 16.2 Å². The standard InChI is InChI=1S/C20H23FN8O3/c21-15-12(10-32-19(31)28-17(22)23)1-4-24-16(15)13-8-25-18(26-9-13)29-5-2-20(3-6-29)7-14(30)27-11-20/h1,4,8-9H,2-3,5-7,10-11H2,(H,27,30)(H4,22,23,28,31). The average Bonchev–Trinajstić information content (AvgIpc) is 3.13. The van der Waals surface area contributed by atoms with Crippen molar-refractivity contribution in [1.82, 2.24) is 20.3 Å². The highest BCUT2D eigenvalue weighted by atomic mass is 19.1. The first-order valence-electron chi connectivity index (χ1n) is 10.1. The normalized spacial score (nSPS) is 17.2. The summed E-state index contributed by atoms with van der Waals surface area (Å²) in [6.07, 6.45) is 5.74. The molecule has 2 amide bonds. The van der Waals surface area contributed by atoms with Crippen molar-refractivity contribution in [2.75, 3.05) is 24.5 Å². The van der Waals surface area contributed by atoms with Gasteiger partial charge in [-0.05, 0) is 24.3 Å². The van der Waals surface area contributed by atoms with Crippen LogP contribution in [-0.2, 0) is 16.1 Å². The van der Waals surface area contributed by atoms with Gasteiger partial charge in [0.05, 0.1) is 0 Å². The summed E-state index contributed by atoms with van der Waals surface area (Å²) in [5, 5.41) is 2.92. The second kappa shape index (κ2) is 8.73. The van der Waals surface area contributed by atoms with E-state index in [0.717, 1.165) is 32.5 Å². The maximum Gasteiger partial charge on any atom is 0.437 e. The van der Waals surface area contributed by atoms with E-state index < -0.39 is 17.9 Å². The number of aliphatic imine (C=N–C) groups is 1. The molecular weight excluding hydrogens is 419 g/mol. The van der Waals surface area contributed by atoms with E-state index >= 15 is 0 Å². The summed E-state index contributed by atoms with van der Waals surface area (Å²) < 4.78 is 19.7. The SMILES string of the molecule is NC(N)=NC(=O)OCc1ccnc(-c2cnc(N3CCC4(CC3)CNC(=O)C4)nc2)c1F. The number of piperidine rings is 1. The third-order valence-electron chi connectivity index (χ3n) is 5.76. The number of amides is 2. The Balaban J connectivity index is 1.42. The third-order valence-corrected chi connectivity index (χ3v) is 5.76.